The molecule has 0 aliphatic rings. The number of para-hydroxylation sites is 1. The molecule has 0 fully saturated rings. The van der Waals surface area contributed by atoms with E-state index in [-0.39, 0.29) is 5.75 Å². The van der Waals surface area contributed by atoms with Gasteiger partial charge < -0.3 is 9.84 Å². The van der Waals surface area contributed by atoms with Crippen LogP contribution < -0.4 is 4.74 Å². The van der Waals surface area contributed by atoms with Gasteiger partial charge in [-0.3, -0.25) is 0 Å². The molecule has 0 unspecified atom stereocenters. The molecule has 0 saturated carbocycles. The number of ether oxygens (including phenoxy) is 1. The van der Waals surface area contributed by atoms with Gasteiger partial charge in [0.25, 0.3) is 0 Å². The highest BCUT2D eigenvalue weighted by atomic mass is 32.1. The van der Waals surface area contributed by atoms with Gasteiger partial charge in [-0.05, 0) is 54.5 Å². The topological polar surface area (TPSA) is 75.4 Å². The number of phenols is 1. The van der Waals surface area contributed by atoms with Gasteiger partial charge in [0.2, 0.25) is 4.77 Å². The van der Waals surface area contributed by atoms with Crippen molar-refractivity contribution in [2.75, 3.05) is 7.11 Å². The van der Waals surface area contributed by atoms with Crippen LogP contribution in [-0.4, -0.2) is 33.3 Å². The molecular formula is C19H18N4O2S. The lowest BCUT2D eigenvalue weighted by Crippen LogP contribution is -1.96. The number of nitrogens with one attached hydrogen (secondary N) is 1. The first kappa shape index (κ1) is 17.6. The van der Waals surface area contributed by atoms with Gasteiger partial charge in [-0.2, -0.15) is 14.9 Å². The van der Waals surface area contributed by atoms with Gasteiger partial charge in [-0.15, -0.1) is 6.58 Å². The normalized spacial score (nSPS) is 11.0. The number of H-pyrrole nitrogens is 1. The number of nitrogens with zero attached hydrogens (tertiary/aromatic N) is 3. The minimum atomic E-state index is 0.178. The molecule has 1 heterocycles. The van der Waals surface area contributed by atoms with E-state index in [0.29, 0.717) is 22.6 Å². The fraction of sp³-hybridized carbons (Fsp3) is 0.105. The second kappa shape index (κ2) is 7.79. The average molecular weight is 366 g/mol. The molecule has 2 aromatic carbocycles. The van der Waals surface area contributed by atoms with Crippen molar-refractivity contribution in [2.45, 2.75) is 6.42 Å². The molecular weight excluding hydrogens is 348 g/mol. The Morgan fingerprint density at radius 2 is 2.08 bits per heavy atom. The molecule has 0 aliphatic heterocycles. The lowest BCUT2D eigenvalue weighted by Gasteiger charge is -2.05. The Hall–Kier alpha value is -3.19. The number of rotatable bonds is 6. The van der Waals surface area contributed by atoms with Crippen molar-refractivity contribution < 1.29 is 9.84 Å². The number of aromatic nitrogens is 3. The summed E-state index contributed by atoms with van der Waals surface area (Å²) in [6.07, 6.45) is 3.87. The van der Waals surface area contributed by atoms with Crippen molar-refractivity contribution in [2.24, 2.45) is 5.10 Å². The average Bonchev–Trinajstić information content (AvgIpc) is 3.03. The summed E-state index contributed by atoms with van der Waals surface area (Å²) in [5, 5.41) is 21.7. The fourth-order valence-corrected chi connectivity index (χ4v) is 2.66. The van der Waals surface area contributed by atoms with Crippen LogP contribution in [0.5, 0.6) is 11.5 Å². The highest BCUT2D eigenvalue weighted by Crippen LogP contribution is 2.23. The zero-order valence-electron chi connectivity index (χ0n) is 14.2. The van der Waals surface area contributed by atoms with Crippen LogP contribution in [-0.2, 0) is 6.42 Å². The smallest absolute Gasteiger partial charge is 0.216 e. The third kappa shape index (κ3) is 3.57. The van der Waals surface area contributed by atoms with Crippen LogP contribution in [0.2, 0.25) is 0 Å². The third-order valence-corrected chi connectivity index (χ3v) is 4.09. The number of aromatic amines is 1. The SMILES string of the molecule is C=CCc1cccc(/C=N\n2c(-c3ccc(OC)cc3)n[nH]c2=S)c1O. The van der Waals surface area contributed by atoms with Crippen molar-refractivity contribution >= 4 is 18.4 Å². The van der Waals surface area contributed by atoms with Gasteiger partial charge in [0.05, 0.1) is 13.3 Å². The van der Waals surface area contributed by atoms with E-state index in [1.54, 1.807) is 25.5 Å². The predicted molar refractivity (Wildman–Crippen MR) is 104 cm³/mol. The maximum atomic E-state index is 10.4. The molecule has 0 bridgehead atoms. The minimum Gasteiger partial charge on any atom is -0.507 e. The molecule has 3 rings (SSSR count). The van der Waals surface area contributed by atoms with Crippen molar-refractivity contribution in [3.05, 3.63) is 71.0 Å². The van der Waals surface area contributed by atoms with E-state index in [1.165, 1.54) is 4.68 Å². The van der Waals surface area contributed by atoms with E-state index in [2.05, 4.69) is 21.9 Å². The Kier molecular flexibility index (Phi) is 5.28. The number of benzene rings is 2. The maximum absolute atomic E-state index is 10.4. The van der Waals surface area contributed by atoms with E-state index < -0.39 is 0 Å². The Labute approximate surface area is 156 Å². The lowest BCUT2D eigenvalue weighted by atomic mass is 10.1. The largest absolute Gasteiger partial charge is 0.507 e. The summed E-state index contributed by atoms with van der Waals surface area (Å²) in [6.45, 7) is 3.70. The van der Waals surface area contributed by atoms with Gasteiger partial charge in [-0.25, -0.2) is 5.10 Å². The van der Waals surface area contributed by atoms with E-state index in [9.17, 15) is 5.11 Å². The van der Waals surface area contributed by atoms with Crippen molar-refractivity contribution in [1.82, 2.24) is 14.9 Å². The van der Waals surface area contributed by atoms with Crippen LogP contribution in [0.25, 0.3) is 11.4 Å². The third-order valence-electron chi connectivity index (χ3n) is 3.83. The maximum Gasteiger partial charge on any atom is 0.216 e. The molecule has 1 aromatic heterocycles. The summed E-state index contributed by atoms with van der Waals surface area (Å²) in [5.74, 6) is 1.50. The van der Waals surface area contributed by atoms with Crippen LogP contribution in [0.15, 0.2) is 60.2 Å². The van der Waals surface area contributed by atoms with Crippen LogP contribution in [0, 0.1) is 4.77 Å². The Bertz CT molecular complexity index is 1000. The summed E-state index contributed by atoms with van der Waals surface area (Å²) in [7, 11) is 1.61. The van der Waals surface area contributed by atoms with E-state index in [4.69, 9.17) is 17.0 Å². The monoisotopic (exact) mass is 366 g/mol. The first-order valence-electron chi connectivity index (χ1n) is 7.92. The molecule has 0 aliphatic carbocycles. The number of allylic oxidation sites excluding steroid dienone is 1. The highest BCUT2D eigenvalue weighted by molar-refractivity contribution is 7.71. The first-order chi connectivity index (χ1) is 12.6. The highest BCUT2D eigenvalue weighted by Gasteiger charge is 2.09. The Balaban J connectivity index is 1.97. The van der Waals surface area contributed by atoms with Gasteiger partial charge in [0.15, 0.2) is 5.82 Å². The minimum absolute atomic E-state index is 0.178. The standard InChI is InChI=1S/C19H18N4O2S/c1-3-5-13-6-4-7-15(17(13)24)12-20-23-18(21-22-19(23)26)14-8-10-16(25-2)11-9-14/h3-4,6-12,24H,1,5H2,2H3,(H,22,26)/b20-12-. The van der Waals surface area contributed by atoms with Crippen LogP contribution >= 0.6 is 12.2 Å². The van der Waals surface area contributed by atoms with Crippen molar-refractivity contribution in [3.8, 4) is 22.9 Å². The van der Waals surface area contributed by atoms with Gasteiger partial charge in [0.1, 0.15) is 11.5 Å². The molecule has 0 spiro atoms. The quantitative estimate of drug-likeness (QED) is 0.394. The molecule has 0 saturated heterocycles. The second-order valence-electron chi connectivity index (χ2n) is 5.49. The lowest BCUT2D eigenvalue weighted by molar-refractivity contribution is 0.415. The zero-order chi connectivity index (χ0) is 18.5. The van der Waals surface area contributed by atoms with E-state index in [0.717, 1.165) is 16.9 Å². The molecule has 0 atom stereocenters. The van der Waals surface area contributed by atoms with E-state index in [1.807, 2.05) is 36.4 Å². The summed E-state index contributed by atoms with van der Waals surface area (Å²) >= 11 is 5.27. The molecule has 132 valence electrons. The number of aromatic hydroxyl groups is 1. The first-order valence-corrected chi connectivity index (χ1v) is 8.33. The molecule has 26 heavy (non-hydrogen) atoms. The van der Waals surface area contributed by atoms with Crippen LogP contribution in [0.1, 0.15) is 11.1 Å². The molecule has 6 nitrogen and oxygen atoms in total. The summed E-state index contributed by atoms with van der Waals surface area (Å²) in [6, 6.07) is 12.9. The van der Waals surface area contributed by atoms with Crippen molar-refractivity contribution in [1.29, 1.82) is 0 Å². The number of hydrogen-bond donors (Lipinski definition) is 2. The molecule has 2 N–H and O–H groups in total. The summed E-state index contributed by atoms with van der Waals surface area (Å²) < 4.78 is 7.04. The van der Waals surface area contributed by atoms with Gasteiger partial charge >= 0.3 is 0 Å². The Morgan fingerprint density at radius 1 is 1.31 bits per heavy atom. The molecule has 7 heteroatoms. The number of phenolic OH excluding ortho intramolecular Hbond substituents is 1. The summed E-state index contributed by atoms with van der Waals surface area (Å²) in [4.78, 5) is 0. The zero-order valence-corrected chi connectivity index (χ0v) is 15.0. The van der Waals surface area contributed by atoms with Gasteiger partial charge in [0, 0.05) is 11.1 Å². The fourth-order valence-electron chi connectivity index (χ4n) is 2.48. The van der Waals surface area contributed by atoms with Gasteiger partial charge in [-0.1, -0.05) is 18.2 Å². The predicted octanol–water partition coefficient (Wildman–Crippen LogP) is 3.93. The molecule has 3 aromatic rings. The van der Waals surface area contributed by atoms with Crippen molar-refractivity contribution in [3.63, 3.8) is 0 Å². The van der Waals surface area contributed by atoms with Crippen LogP contribution in [0.3, 0.4) is 0 Å². The number of methoxy groups -OCH3 is 1. The number of hydrogen-bond acceptors (Lipinski definition) is 5. The molecule has 0 amide bonds. The second-order valence-corrected chi connectivity index (χ2v) is 5.87. The molecule has 0 radical (unpaired) electrons. The summed E-state index contributed by atoms with van der Waals surface area (Å²) in [5.41, 5.74) is 2.21. The van der Waals surface area contributed by atoms with E-state index >= 15 is 0 Å². The van der Waals surface area contributed by atoms with Crippen LogP contribution in [0.4, 0.5) is 0 Å². The Morgan fingerprint density at radius 3 is 2.77 bits per heavy atom.